The average Bonchev–Trinajstić information content (AvgIpc) is 3.50. The molecule has 0 amide bonds. The summed E-state index contributed by atoms with van der Waals surface area (Å²) in [5, 5.41) is 13.7. The van der Waals surface area contributed by atoms with E-state index in [4.69, 9.17) is 14.1 Å². The molecule has 8 nitrogen and oxygen atoms in total. The zero-order valence-corrected chi connectivity index (χ0v) is 20.8. The smallest absolute Gasteiger partial charge is 0.191 e. The average molecular weight is 556 g/mol. The molecule has 0 saturated carbocycles. The minimum absolute atomic E-state index is 0. The van der Waals surface area contributed by atoms with Crippen LogP contribution in [0, 0.1) is 0 Å². The Morgan fingerprint density at radius 3 is 3.06 bits per heavy atom. The fourth-order valence-electron chi connectivity index (χ4n) is 3.51. The maximum atomic E-state index is 5.43. The predicted molar refractivity (Wildman–Crippen MR) is 132 cm³/mol. The van der Waals surface area contributed by atoms with Crippen LogP contribution in [0.1, 0.15) is 28.7 Å². The molecular formula is C21H29IN6O2S. The summed E-state index contributed by atoms with van der Waals surface area (Å²) in [6.07, 6.45) is 5.36. The highest BCUT2D eigenvalue weighted by molar-refractivity contribution is 14.0. The van der Waals surface area contributed by atoms with E-state index in [9.17, 15) is 0 Å². The number of thiophene rings is 1. The number of halogens is 1. The molecule has 1 aliphatic rings. The summed E-state index contributed by atoms with van der Waals surface area (Å²) in [5.74, 6) is 3.58. The number of hydrogen-bond donors (Lipinski definition) is 2. The molecular weight excluding hydrogens is 527 g/mol. The summed E-state index contributed by atoms with van der Waals surface area (Å²) in [4.78, 5) is 10.7. The number of nitrogens with zero attached hydrogens (tertiary/aromatic N) is 4. The van der Waals surface area contributed by atoms with Gasteiger partial charge in [0, 0.05) is 50.4 Å². The van der Waals surface area contributed by atoms with Crippen LogP contribution in [0.4, 0.5) is 0 Å². The lowest BCUT2D eigenvalue weighted by molar-refractivity contribution is 0.177. The normalized spacial score (nSPS) is 15.9. The fraction of sp³-hybridized carbons (Fsp3) is 0.476. The number of methoxy groups -OCH3 is 1. The second-order valence-corrected chi connectivity index (χ2v) is 8.29. The van der Waals surface area contributed by atoms with Gasteiger partial charge in [0.25, 0.3) is 0 Å². The monoisotopic (exact) mass is 556 g/mol. The number of fused-ring (bicyclic) bond motifs is 1. The van der Waals surface area contributed by atoms with Crippen LogP contribution in [0.3, 0.4) is 0 Å². The first-order valence-corrected chi connectivity index (χ1v) is 11.2. The summed E-state index contributed by atoms with van der Waals surface area (Å²) in [7, 11) is 1.66. The molecule has 3 aromatic heterocycles. The molecule has 0 fully saturated rings. The Morgan fingerprint density at radius 1 is 1.35 bits per heavy atom. The molecule has 3 aromatic rings. The molecule has 0 aliphatic carbocycles. The van der Waals surface area contributed by atoms with E-state index in [1.807, 2.05) is 16.8 Å². The Hall–Kier alpha value is -1.92. The second kappa shape index (κ2) is 12.2. The Balaban J connectivity index is 0.00000272. The Morgan fingerprint density at radius 2 is 2.29 bits per heavy atom. The van der Waals surface area contributed by atoms with Crippen molar-refractivity contribution in [1.29, 1.82) is 0 Å². The lowest BCUT2D eigenvalue weighted by Crippen LogP contribution is -2.47. The van der Waals surface area contributed by atoms with E-state index < -0.39 is 0 Å². The van der Waals surface area contributed by atoms with Crippen LogP contribution < -0.4 is 10.6 Å². The van der Waals surface area contributed by atoms with Crippen LogP contribution in [0.5, 0.6) is 0 Å². The van der Waals surface area contributed by atoms with E-state index in [1.54, 1.807) is 24.7 Å². The van der Waals surface area contributed by atoms with E-state index in [0.717, 1.165) is 68.7 Å². The highest BCUT2D eigenvalue weighted by Crippen LogP contribution is 2.14. The lowest BCUT2D eigenvalue weighted by atomic mass is 10.1. The van der Waals surface area contributed by atoms with E-state index in [0.29, 0.717) is 6.61 Å². The van der Waals surface area contributed by atoms with Crippen molar-refractivity contribution >= 4 is 41.3 Å². The van der Waals surface area contributed by atoms with Crippen LogP contribution in [0.15, 0.2) is 45.3 Å². The van der Waals surface area contributed by atoms with Crippen molar-refractivity contribution in [2.24, 2.45) is 4.99 Å². The molecule has 0 bridgehead atoms. The van der Waals surface area contributed by atoms with Crippen LogP contribution in [0.2, 0.25) is 0 Å². The van der Waals surface area contributed by atoms with Crippen molar-refractivity contribution in [2.45, 2.75) is 44.9 Å². The van der Waals surface area contributed by atoms with Gasteiger partial charge in [-0.1, -0.05) is 6.07 Å². The van der Waals surface area contributed by atoms with Gasteiger partial charge < -0.3 is 19.8 Å². The number of aromatic nitrogens is 3. The topological polar surface area (TPSA) is 89.5 Å². The van der Waals surface area contributed by atoms with Gasteiger partial charge in [-0.05, 0) is 30.0 Å². The molecule has 0 radical (unpaired) electrons. The lowest BCUT2D eigenvalue weighted by Gasteiger charge is -2.25. The first-order valence-electron chi connectivity index (χ1n) is 10.3. The summed E-state index contributed by atoms with van der Waals surface area (Å²) < 4.78 is 12.6. The molecule has 1 unspecified atom stereocenters. The van der Waals surface area contributed by atoms with Gasteiger partial charge in [0.2, 0.25) is 0 Å². The van der Waals surface area contributed by atoms with Crippen LogP contribution >= 0.6 is 35.3 Å². The quantitative estimate of drug-likeness (QED) is 0.239. The molecule has 10 heteroatoms. The molecule has 1 aliphatic heterocycles. The standard InChI is InChI=1S/C21H28N6O2S.HI/c1-28-15-19-25-20-7-6-16(14-27(20)26-19)24-21(22-10-8-17-4-2-12-29-17)23-11-9-18-5-3-13-30-18;/h2-5,12-13,16H,6-11,14-15H2,1H3,(H2,22,23,24);1H. The molecule has 2 N–H and O–H groups in total. The van der Waals surface area contributed by atoms with Gasteiger partial charge in [0.05, 0.1) is 12.8 Å². The molecule has 1 atom stereocenters. The minimum atomic E-state index is 0. The molecule has 0 saturated heterocycles. The predicted octanol–water partition coefficient (Wildman–Crippen LogP) is 3.03. The molecule has 31 heavy (non-hydrogen) atoms. The highest BCUT2D eigenvalue weighted by atomic mass is 127. The van der Waals surface area contributed by atoms with Crippen molar-refractivity contribution < 1.29 is 9.15 Å². The van der Waals surface area contributed by atoms with Crippen molar-refractivity contribution in [3.8, 4) is 0 Å². The summed E-state index contributed by atoms with van der Waals surface area (Å²) >= 11 is 1.77. The Bertz CT molecular complexity index is 926. The van der Waals surface area contributed by atoms with Crippen LogP contribution in [-0.4, -0.2) is 47.0 Å². The van der Waals surface area contributed by atoms with Gasteiger partial charge in [-0.25, -0.2) is 9.67 Å². The number of ether oxygens (including phenoxy) is 1. The van der Waals surface area contributed by atoms with Gasteiger partial charge in [-0.15, -0.1) is 35.3 Å². The number of aliphatic imine (C=N–C) groups is 1. The summed E-state index contributed by atoms with van der Waals surface area (Å²) in [5.41, 5.74) is 0. The molecule has 4 heterocycles. The van der Waals surface area contributed by atoms with Gasteiger partial charge >= 0.3 is 0 Å². The number of nitrogens with one attached hydrogen (secondary N) is 2. The Kier molecular flexibility index (Phi) is 9.34. The zero-order valence-electron chi connectivity index (χ0n) is 17.6. The van der Waals surface area contributed by atoms with Gasteiger partial charge in [0.1, 0.15) is 18.2 Å². The van der Waals surface area contributed by atoms with Crippen LogP contribution in [-0.2, 0) is 37.2 Å². The van der Waals surface area contributed by atoms with Crippen molar-refractivity contribution in [2.75, 3.05) is 20.2 Å². The van der Waals surface area contributed by atoms with E-state index >= 15 is 0 Å². The number of guanidine groups is 1. The van der Waals surface area contributed by atoms with Crippen molar-refractivity contribution in [1.82, 2.24) is 25.4 Å². The van der Waals surface area contributed by atoms with E-state index in [-0.39, 0.29) is 30.0 Å². The van der Waals surface area contributed by atoms with Gasteiger partial charge in [-0.3, -0.25) is 4.99 Å². The molecule has 0 spiro atoms. The van der Waals surface area contributed by atoms with E-state index in [1.165, 1.54) is 4.88 Å². The van der Waals surface area contributed by atoms with Crippen molar-refractivity contribution in [3.63, 3.8) is 0 Å². The number of hydrogen-bond acceptors (Lipinski definition) is 6. The highest BCUT2D eigenvalue weighted by Gasteiger charge is 2.22. The third-order valence-corrected chi connectivity index (χ3v) is 5.90. The first-order chi connectivity index (χ1) is 14.8. The third-order valence-electron chi connectivity index (χ3n) is 4.97. The SMILES string of the molecule is COCc1nc2n(n1)CC(NC(=NCCc1cccs1)NCCc1ccco1)CC2.I. The number of aryl methyl sites for hydroxylation is 1. The van der Waals surface area contributed by atoms with E-state index in [2.05, 4.69) is 38.2 Å². The largest absolute Gasteiger partial charge is 0.469 e. The number of rotatable bonds is 9. The molecule has 4 rings (SSSR count). The zero-order chi connectivity index (χ0) is 20.6. The van der Waals surface area contributed by atoms with Crippen molar-refractivity contribution in [3.05, 3.63) is 58.2 Å². The molecule has 0 aromatic carbocycles. The third kappa shape index (κ3) is 7.04. The fourth-order valence-corrected chi connectivity index (χ4v) is 4.20. The summed E-state index contributed by atoms with van der Waals surface area (Å²) in [6.45, 7) is 2.73. The first kappa shape index (κ1) is 23.7. The van der Waals surface area contributed by atoms with Crippen LogP contribution in [0.25, 0.3) is 0 Å². The van der Waals surface area contributed by atoms with Gasteiger partial charge in [0.15, 0.2) is 11.8 Å². The Labute approximate surface area is 203 Å². The maximum absolute atomic E-state index is 5.43. The summed E-state index contributed by atoms with van der Waals surface area (Å²) in [6, 6.07) is 8.40. The molecule has 168 valence electrons. The van der Waals surface area contributed by atoms with Gasteiger partial charge in [-0.2, -0.15) is 5.10 Å². The number of furan rings is 1. The minimum Gasteiger partial charge on any atom is -0.469 e. The maximum Gasteiger partial charge on any atom is 0.191 e. The second-order valence-electron chi connectivity index (χ2n) is 7.26.